The minimum absolute atomic E-state index is 0.00454. The first-order chi connectivity index (χ1) is 6.91. The lowest BCUT2D eigenvalue weighted by Crippen LogP contribution is -2.22. The molecule has 0 aromatic heterocycles. The lowest BCUT2D eigenvalue weighted by Gasteiger charge is -2.19. The van der Waals surface area contributed by atoms with Crippen molar-refractivity contribution < 1.29 is 13.2 Å². The highest BCUT2D eigenvalue weighted by molar-refractivity contribution is 5.46. The maximum Gasteiger partial charge on any atom is 0.161 e. The lowest BCUT2D eigenvalue weighted by atomic mass is 10.1. The zero-order chi connectivity index (χ0) is 11.6. The van der Waals surface area contributed by atoms with Crippen molar-refractivity contribution in [1.82, 2.24) is 0 Å². The van der Waals surface area contributed by atoms with Gasteiger partial charge in [0.15, 0.2) is 11.6 Å². The molecule has 0 saturated heterocycles. The number of hydrogen-bond donors (Lipinski definition) is 1. The van der Waals surface area contributed by atoms with E-state index in [4.69, 9.17) is 0 Å². The third-order valence-corrected chi connectivity index (χ3v) is 2.39. The number of nitrogens with one attached hydrogen (secondary N) is 1. The molecule has 1 aromatic carbocycles. The number of halogens is 3. The van der Waals surface area contributed by atoms with Gasteiger partial charge in [0.25, 0.3) is 0 Å². The summed E-state index contributed by atoms with van der Waals surface area (Å²) in [7, 11) is 0. The molecule has 1 rings (SSSR count). The van der Waals surface area contributed by atoms with Crippen LogP contribution >= 0.6 is 0 Å². The molecule has 1 N–H and O–H groups in total. The fraction of sp³-hybridized carbons (Fsp3) is 0.455. The Labute approximate surface area is 87.3 Å². The van der Waals surface area contributed by atoms with Crippen LogP contribution in [-0.4, -0.2) is 6.04 Å². The van der Waals surface area contributed by atoms with Crippen LogP contribution in [0.4, 0.5) is 18.9 Å². The Hall–Kier alpha value is -1.19. The Balaban J connectivity index is 2.91. The van der Waals surface area contributed by atoms with E-state index in [1.54, 1.807) is 0 Å². The Morgan fingerprint density at radius 3 is 2.00 bits per heavy atom. The van der Waals surface area contributed by atoms with Crippen LogP contribution in [0, 0.1) is 23.4 Å². The van der Waals surface area contributed by atoms with Crippen molar-refractivity contribution in [1.29, 1.82) is 0 Å². The third-order valence-electron chi connectivity index (χ3n) is 2.39. The van der Waals surface area contributed by atoms with Crippen molar-refractivity contribution in [3.63, 3.8) is 0 Å². The summed E-state index contributed by atoms with van der Waals surface area (Å²) in [6, 6.07) is 1.37. The van der Waals surface area contributed by atoms with Gasteiger partial charge in [-0.15, -0.1) is 0 Å². The summed E-state index contributed by atoms with van der Waals surface area (Å²) >= 11 is 0. The third kappa shape index (κ3) is 2.88. The minimum atomic E-state index is -1.17. The van der Waals surface area contributed by atoms with Gasteiger partial charge >= 0.3 is 0 Å². The molecule has 0 bridgehead atoms. The molecule has 4 heteroatoms. The molecule has 1 nitrogen and oxygen atoms in total. The highest BCUT2D eigenvalue weighted by Crippen LogP contribution is 2.20. The van der Waals surface area contributed by atoms with Crippen molar-refractivity contribution in [3.8, 4) is 0 Å². The fourth-order valence-corrected chi connectivity index (χ4v) is 1.05. The summed E-state index contributed by atoms with van der Waals surface area (Å²) in [5, 5.41) is 2.80. The van der Waals surface area contributed by atoms with Gasteiger partial charge < -0.3 is 5.32 Å². The second kappa shape index (κ2) is 4.55. The summed E-state index contributed by atoms with van der Waals surface area (Å²) in [6.07, 6.45) is 0. The molecule has 0 amide bonds. The molecule has 0 radical (unpaired) electrons. The molecule has 0 spiro atoms. The van der Waals surface area contributed by atoms with Gasteiger partial charge in [-0.05, 0) is 12.8 Å². The molecule has 15 heavy (non-hydrogen) atoms. The van der Waals surface area contributed by atoms with Gasteiger partial charge in [-0.1, -0.05) is 13.8 Å². The van der Waals surface area contributed by atoms with E-state index in [9.17, 15) is 13.2 Å². The maximum atomic E-state index is 13.2. The van der Waals surface area contributed by atoms with Gasteiger partial charge in [-0.25, -0.2) is 13.2 Å². The van der Waals surface area contributed by atoms with Gasteiger partial charge in [-0.3, -0.25) is 0 Å². The Morgan fingerprint density at radius 2 is 1.47 bits per heavy atom. The molecule has 0 saturated carbocycles. The van der Waals surface area contributed by atoms with E-state index in [0.717, 1.165) is 6.07 Å². The molecule has 1 unspecified atom stereocenters. The fourth-order valence-electron chi connectivity index (χ4n) is 1.05. The number of hydrogen-bond acceptors (Lipinski definition) is 1. The molecule has 1 aromatic rings. The second-order valence-electron chi connectivity index (χ2n) is 3.92. The van der Waals surface area contributed by atoms with Gasteiger partial charge in [0.2, 0.25) is 0 Å². The van der Waals surface area contributed by atoms with Crippen molar-refractivity contribution in [2.75, 3.05) is 5.32 Å². The summed E-state index contributed by atoms with van der Waals surface area (Å²) in [5.41, 5.74) is -0.00454. The largest absolute Gasteiger partial charge is 0.380 e. The van der Waals surface area contributed by atoms with E-state index >= 15 is 0 Å². The second-order valence-corrected chi connectivity index (χ2v) is 3.92. The predicted molar refractivity (Wildman–Crippen MR) is 54.2 cm³/mol. The molecule has 0 aliphatic heterocycles. The molecule has 0 heterocycles. The summed E-state index contributed by atoms with van der Waals surface area (Å²) in [6.45, 7) is 5.76. The smallest absolute Gasteiger partial charge is 0.161 e. The number of anilines is 1. The molecule has 84 valence electrons. The van der Waals surface area contributed by atoms with E-state index < -0.39 is 17.5 Å². The van der Waals surface area contributed by atoms with Crippen molar-refractivity contribution in [3.05, 3.63) is 29.6 Å². The van der Waals surface area contributed by atoms with E-state index in [-0.39, 0.29) is 17.6 Å². The highest BCUT2D eigenvalue weighted by Gasteiger charge is 2.13. The first kappa shape index (κ1) is 11.9. The molecular formula is C11H14F3N. The normalized spacial score (nSPS) is 13.0. The van der Waals surface area contributed by atoms with Crippen molar-refractivity contribution in [2.24, 2.45) is 5.92 Å². The van der Waals surface area contributed by atoms with Crippen molar-refractivity contribution >= 4 is 5.69 Å². The molecule has 0 aliphatic carbocycles. The summed E-state index contributed by atoms with van der Waals surface area (Å²) < 4.78 is 38.6. The van der Waals surface area contributed by atoms with Crippen LogP contribution in [0.2, 0.25) is 0 Å². The van der Waals surface area contributed by atoms with Crippen LogP contribution in [0.5, 0.6) is 0 Å². The SMILES string of the molecule is CC(C)C(C)Nc1cc(F)c(F)cc1F. The van der Waals surface area contributed by atoms with Crippen LogP contribution in [-0.2, 0) is 0 Å². The Morgan fingerprint density at radius 1 is 0.933 bits per heavy atom. The monoisotopic (exact) mass is 217 g/mol. The Kier molecular flexibility index (Phi) is 3.61. The van der Waals surface area contributed by atoms with Crippen molar-refractivity contribution in [2.45, 2.75) is 26.8 Å². The first-order valence-corrected chi connectivity index (χ1v) is 4.83. The zero-order valence-electron chi connectivity index (χ0n) is 8.94. The van der Waals surface area contributed by atoms with Crippen LogP contribution in [0.3, 0.4) is 0 Å². The average molecular weight is 217 g/mol. The standard InChI is InChI=1S/C11H14F3N/c1-6(2)7(3)15-11-5-9(13)8(12)4-10(11)14/h4-7,15H,1-3H3. The van der Waals surface area contributed by atoms with E-state index in [1.807, 2.05) is 20.8 Å². The minimum Gasteiger partial charge on any atom is -0.380 e. The predicted octanol–water partition coefficient (Wildman–Crippen LogP) is 3.56. The van der Waals surface area contributed by atoms with Gasteiger partial charge in [0.1, 0.15) is 5.82 Å². The Bertz CT molecular complexity index is 350. The van der Waals surface area contributed by atoms with Crippen LogP contribution in [0.1, 0.15) is 20.8 Å². The van der Waals surface area contributed by atoms with Crippen LogP contribution in [0.15, 0.2) is 12.1 Å². The molecule has 1 atom stereocenters. The highest BCUT2D eigenvalue weighted by atomic mass is 19.2. The molecule has 0 aliphatic rings. The van der Waals surface area contributed by atoms with Gasteiger partial charge in [-0.2, -0.15) is 0 Å². The lowest BCUT2D eigenvalue weighted by molar-refractivity contribution is 0.493. The number of rotatable bonds is 3. The quantitative estimate of drug-likeness (QED) is 0.763. The van der Waals surface area contributed by atoms with E-state index in [0.29, 0.717) is 6.07 Å². The summed E-state index contributed by atoms with van der Waals surface area (Å²) in [5.74, 6) is -2.72. The first-order valence-electron chi connectivity index (χ1n) is 4.83. The summed E-state index contributed by atoms with van der Waals surface area (Å²) in [4.78, 5) is 0. The van der Waals surface area contributed by atoms with Gasteiger partial charge in [0.05, 0.1) is 5.69 Å². The van der Waals surface area contributed by atoms with Crippen LogP contribution in [0.25, 0.3) is 0 Å². The van der Waals surface area contributed by atoms with E-state index in [1.165, 1.54) is 0 Å². The zero-order valence-corrected chi connectivity index (χ0v) is 8.94. The topological polar surface area (TPSA) is 12.0 Å². The number of benzene rings is 1. The van der Waals surface area contributed by atoms with Crippen LogP contribution < -0.4 is 5.32 Å². The average Bonchev–Trinajstić information content (AvgIpc) is 2.13. The molecular weight excluding hydrogens is 203 g/mol. The molecule has 0 fully saturated rings. The van der Waals surface area contributed by atoms with Gasteiger partial charge in [0, 0.05) is 18.2 Å². The van der Waals surface area contributed by atoms with E-state index in [2.05, 4.69) is 5.32 Å². The maximum absolute atomic E-state index is 13.2.